The zero-order valence-electron chi connectivity index (χ0n) is 5.04. The van der Waals surface area contributed by atoms with Crippen LogP contribution in [0.25, 0.3) is 0 Å². The molecule has 10 heavy (non-hydrogen) atoms. The van der Waals surface area contributed by atoms with E-state index >= 15 is 0 Å². The van der Waals surface area contributed by atoms with Gasteiger partial charge in [0.25, 0.3) is 0 Å². The molecule has 0 unspecified atom stereocenters. The van der Waals surface area contributed by atoms with Gasteiger partial charge in [-0.2, -0.15) is 0 Å². The highest BCUT2D eigenvalue weighted by molar-refractivity contribution is 5.85. The zero-order chi connectivity index (χ0) is 6.69. The van der Waals surface area contributed by atoms with Crippen molar-refractivity contribution in [2.75, 3.05) is 5.54 Å². The minimum Gasteiger partial charge on any atom is -0.508 e. The minimum atomic E-state index is 0. The van der Waals surface area contributed by atoms with Crippen LogP contribution >= 0.6 is 12.4 Å². The van der Waals surface area contributed by atoms with Crippen LogP contribution in [0, 0.1) is 0 Å². The number of aromatic hydroxyl groups is 1. The van der Waals surface area contributed by atoms with Crippen molar-refractivity contribution in [1.29, 1.82) is 0 Å². The Morgan fingerprint density at radius 1 is 1.20 bits per heavy atom. The van der Waals surface area contributed by atoms with Gasteiger partial charge in [0.1, 0.15) is 5.75 Å². The number of phenolic OH excluding ortho intramolecular Hbond substituents is 1. The molecule has 0 spiro atoms. The molecule has 0 radical (unpaired) electrons. The summed E-state index contributed by atoms with van der Waals surface area (Å²) in [5, 5.41) is 8.70. The highest BCUT2D eigenvalue weighted by atomic mass is 35.5. The lowest BCUT2D eigenvalue weighted by Crippen LogP contribution is -1.78. The number of hydrogen-bond donors (Lipinski definition) is 2. The Kier molecular flexibility index (Phi) is 3.57. The molecule has 0 aromatic heterocycles. The highest BCUT2D eigenvalue weighted by Gasteiger charge is 1.87. The molecule has 0 bridgehead atoms. The average molecular weight is 164 g/mol. The first-order valence-electron chi connectivity index (χ1n) is 2.48. The Hall–Kier alpha value is -0.960. The Bertz CT molecular complexity index is 189. The van der Waals surface area contributed by atoms with Crippen LogP contribution in [0.2, 0.25) is 0 Å². The molecule has 0 atom stereocenters. The van der Waals surface area contributed by atoms with Crippen molar-refractivity contribution in [2.45, 2.75) is 0 Å². The summed E-state index contributed by atoms with van der Waals surface area (Å²) in [6, 6.07) is 5.69. The van der Waals surface area contributed by atoms with Gasteiger partial charge in [-0.1, -0.05) is 0 Å². The fraction of sp³-hybridized carbons (Fsp3) is 0. The lowest BCUT2D eigenvalue weighted by atomic mass is 10.3. The van der Waals surface area contributed by atoms with E-state index in [1.165, 1.54) is 29.8 Å². The lowest BCUT2D eigenvalue weighted by Gasteiger charge is -1.93. The maximum absolute atomic E-state index is 11.5. The fourth-order valence-electron chi connectivity index (χ4n) is 0.524. The Morgan fingerprint density at radius 2 is 1.70 bits per heavy atom. The summed E-state index contributed by atoms with van der Waals surface area (Å²) in [4.78, 5) is 0. The van der Waals surface area contributed by atoms with Crippen LogP contribution in [0.1, 0.15) is 0 Å². The van der Waals surface area contributed by atoms with Crippen LogP contribution in [0.3, 0.4) is 0 Å². The van der Waals surface area contributed by atoms with E-state index in [0.717, 1.165) is 0 Å². The molecular weight excluding hydrogens is 157 g/mol. The smallest absolute Gasteiger partial charge is 0.115 e. The third-order valence-electron chi connectivity index (χ3n) is 0.976. The number of nitrogens with one attached hydrogen (secondary N) is 1. The molecule has 1 rings (SSSR count). The molecule has 0 saturated carbocycles. The number of rotatable bonds is 1. The van der Waals surface area contributed by atoms with Gasteiger partial charge in [-0.25, -0.2) is 5.54 Å². The normalized spacial score (nSPS) is 8.10. The third-order valence-corrected chi connectivity index (χ3v) is 0.976. The number of anilines is 1. The molecule has 1 aromatic rings. The predicted molar refractivity (Wildman–Crippen MR) is 40.1 cm³/mol. The van der Waals surface area contributed by atoms with E-state index in [0.29, 0.717) is 5.69 Å². The molecule has 4 heteroatoms. The van der Waals surface area contributed by atoms with E-state index in [1.807, 2.05) is 0 Å². The number of hydrogen-bond acceptors (Lipinski definition) is 2. The molecule has 0 fully saturated rings. The van der Waals surface area contributed by atoms with Crippen molar-refractivity contribution in [3.05, 3.63) is 24.3 Å². The Balaban J connectivity index is 0.000000810. The molecule has 0 aliphatic carbocycles. The maximum Gasteiger partial charge on any atom is 0.115 e. The summed E-state index contributed by atoms with van der Waals surface area (Å²) >= 11 is 0. The fourth-order valence-corrected chi connectivity index (χ4v) is 0.524. The van der Waals surface area contributed by atoms with Gasteiger partial charge in [-0.05, 0) is 24.3 Å². The predicted octanol–water partition coefficient (Wildman–Crippen LogP) is 2.11. The van der Waals surface area contributed by atoms with E-state index in [1.54, 1.807) is 0 Å². The van der Waals surface area contributed by atoms with Crippen molar-refractivity contribution in [2.24, 2.45) is 0 Å². The topological polar surface area (TPSA) is 32.3 Å². The van der Waals surface area contributed by atoms with Crippen LogP contribution in [0.4, 0.5) is 10.2 Å². The average Bonchev–Trinajstić information content (AvgIpc) is 1.90. The summed E-state index contributed by atoms with van der Waals surface area (Å²) in [7, 11) is 0. The maximum atomic E-state index is 11.5. The first-order valence-corrected chi connectivity index (χ1v) is 2.48. The van der Waals surface area contributed by atoms with Gasteiger partial charge in [-0.15, -0.1) is 16.9 Å². The monoisotopic (exact) mass is 163 g/mol. The highest BCUT2D eigenvalue weighted by Crippen LogP contribution is 2.12. The molecule has 0 amide bonds. The second kappa shape index (κ2) is 3.95. The first-order chi connectivity index (χ1) is 4.33. The van der Waals surface area contributed by atoms with Gasteiger partial charge < -0.3 is 5.11 Å². The summed E-state index contributed by atoms with van der Waals surface area (Å²) in [6.07, 6.45) is 0. The molecule has 2 N–H and O–H groups in total. The molecule has 56 valence electrons. The van der Waals surface area contributed by atoms with Crippen LogP contribution in [-0.4, -0.2) is 5.11 Å². The van der Waals surface area contributed by atoms with Crippen LogP contribution in [0.5, 0.6) is 5.75 Å². The second-order valence-electron chi connectivity index (χ2n) is 1.64. The van der Waals surface area contributed by atoms with Gasteiger partial charge in [0, 0.05) is 0 Å². The number of benzene rings is 1. The summed E-state index contributed by atoms with van der Waals surface area (Å²) < 4.78 is 11.5. The molecule has 0 saturated heterocycles. The standard InChI is InChI=1S/C6H6FNO.ClH/c7-8-5-1-3-6(9)4-2-5;/h1-4,8-9H;1H. The zero-order valence-corrected chi connectivity index (χ0v) is 5.86. The molecule has 0 aliphatic heterocycles. The summed E-state index contributed by atoms with van der Waals surface area (Å²) in [5.74, 6) is 0.133. The van der Waals surface area contributed by atoms with Crippen LogP contribution in [-0.2, 0) is 0 Å². The molecular formula is C6H7ClFNO. The Morgan fingerprint density at radius 3 is 2.10 bits per heavy atom. The molecule has 2 nitrogen and oxygen atoms in total. The van der Waals surface area contributed by atoms with Crippen molar-refractivity contribution < 1.29 is 9.59 Å². The minimum absolute atomic E-state index is 0. The van der Waals surface area contributed by atoms with E-state index in [2.05, 4.69) is 0 Å². The quantitative estimate of drug-likeness (QED) is 0.491. The van der Waals surface area contributed by atoms with Gasteiger partial charge in [0.15, 0.2) is 0 Å². The van der Waals surface area contributed by atoms with Crippen molar-refractivity contribution in [1.82, 2.24) is 0 Å². The van der Waals surface area contributed by atoms with Crippen LogP contribution < -0.4 is 5.54 Å². The molecule has 1 aromatic carbocycles. The van der Waals surface area contributed by atoms with Crippen molar-refractivity contribution in [3.63, 3.8) is 0 Å². The second-order valence-corrected chi connectivity index (χ2v) is 1.64. The van der Waals surface area contributed by atoms with Gasteiger partial charge in [0.2, 0.25) is 0 Å². The molecule has 0 aliphatic rings. The summed E-state index contributed by atoms with van der Waals surface area (Å²) in [5.41, 5.74) is 1.78. The van der Waals surface area contributed by atoms with Gasteiger partial charge in [0.05, 0.1) is 5.69 Å². The van der Waals surface area contributed by atoms with E-state index < -0.39 is 0 Å². The molecule has 0 heterocycles. The van der Waals surface area contributed by atoms with Crippen molar-refractivity contribution in [3.8, 4) is 5.75 Å². The number of phenols is 1. The van der Waals surface area contributed by atoms with Gasteiger partial charge in [-0.3, -0.25) is 0 Å². The van der Waals surface area contributed by atoms with E-state index in [9.17, 15) is 4.48 Å². The first kappa shape index (κ1) is 9.04. The van der Waals surface area contributed by atoms with Crippen LogP contribution in [0.15, 0.2) is 24.3 Å². The lowest BCUT2D eigenvalue weighted by molar-refractivity contribution is 0.475. The largest absolute Gasteiger partial charge is 0.508 e. The van der Waals surface area contributed by atoms with Crippen molar-refractivity contribution >= 4 is 18.1 Å². The third kappa shape index (κ3) is 2.11. The van der Waals surface area contributed by atoms with E-state index in [-0.39, 0.29) is 18.2 Å². The van der Waals surface area contributed by atoms with Gasteiger partial charge >= 0.3 is 0 Å². The van der Waals surface area contributed by atoms with E-state index in [4.69, 9.17) is 5.11 Å². The SMILES string of the molecule is Cl.Oc1ccc(NF)cc1. The Labute approximate surface area is 64.0 Å². The number of halogens is 2. The summed E-state index contributed by atoms with van der Waals surface area (Å²) in [6.45, 7) is 0.